The lowest BCUT2D eigenvalue weighted by molar-refractivity contribution is 0.605. The Hall–Kier alpha value is -4.98. The van der Waals surface area contributed by atoms with E-state index in [2.05, 4.69) is 36.2 Å². The summed E-state index contributed by atoms with van der Waals surface area (Å²) in [6.45, 7) is 1.64. The van der Waals surface area contributed by atoms with Gasteiger partial charge in [-0.15, -0.1) is 11.5 Å². The summed E-state index contributed by atoms with van der Waals surface area (Å²) in [7, 11) is 0. The van der Waals surface area contributed by atoms with Crippen LogP contribution in [0.1, 0.15) is 6.92 Å². The van der Waals surface area contributed by atoms with Crippen molar-refractivity contribution < 1.29 is 8.78 Å². The number of pyridine rings is 1. The van der Waals surface area contributed by atoms with Gasteiger partial charge in [0.25, 0.3) is 0 Å². The van der Waals surface area contributed by atoms with E-state index in [-0.39, 0.29) is 46.6 Å². The summed E-state index contributed by atoms with van der Waals surface area (Å²) in [6, 6.07) is 10.2. The predicted molar refractivity (Wildman–Crippen MR) is 130 cm³/mol. The SMILES string of the molecule is C#C/C=C(F)\C(=C/C)Cn1nc(-c2nc(N)c(/N=N/c3ccccc3)c(N)n2)c2cc(F)cnc21. The topological polar surface area (TPSA) is 133 Å². The number of fused-ring (bicyclic) bond motifs is 1. The van der Waals surface area contributed by atoms with Crippen LogP contribution in [0.5, 0.6) is 0 Å². The van der Waals surface area contributed by atoms with E-state index in [1.54, 1.807) is 25.1 Å². The number of nitrogens with two attached hydrogens (primary N) is 2. The Kier molecular flexibility index (Phi) is 6.55. The number of azo groups is 1. The van der Waals surface area contributed by atoms with Gasteiger partial charge in [-0.25, -0.2) is 28.4 Å². The molecule has 0 saturated carbocycles. The fourth-order valence-corrected chi connectivity index (χ4v) is 3.24. The molecule has 0 saturated heterocycles. The maximum absolute atomic E-state index is 14.3. The van der Waals surface area contributed by atoms with Gasteiger partial charge in [0, 0.05) is 11.6 Å². The maximum atomic E-state index is 14.3. The Morgan fingerprint density at radius 2 is 1.89 bits per heavy atom. The van der Waals surface area contributed by atoms with Gasteiger partial charge in [-0.05, 0) is 25.1 Å². The van der Waals surface area contributed by atoms with Crippen LogP contribution in [0.25, 0.3) is 22.6 Å². The number of benzene rings is 1. The summed E-state index contributed by atoms with van der Waals surface area (Å²) in [5, 5.41) is 12.9. The third kappa shape index (κ3) is 4.86. The van der Waals surface area contributed by atoms with E-state index in [1.807, 2.05) is 18.2 Å². The molecule has 3 heterocycles. The number of terminal acetylenes is 1. The highest BCUT2D eigenvalue weighted by Crippen LogP contribution is 2.33. The molecule has 0 radical (unpaired) electrons. The molecule has 3 aromatic heterocycles. The van der Waals surface area contributed by atoms with Crippen molar-refractivity contribution in [2.45, 2.75) is 13.5 Å². The number of aromatic nitrogens is 5. The van der Waals surface area contributed by atoms with Crippen LogP contribution in [-0.2, 0) is 6.54 Å². The smallest absolute Gasteiger partial charge is 0.184 e. The highest BCUT2D eigenvalue weighted by atomic mass is 19.1. The molecule has 4 rings (SSSR count). The van der Waals surface area contributed by atoms with Crippen LogP contribution in [0.4, 0.5) is 31.8 Å². The zero-order chi connectivity index (χ0) is 24.9. The van der Waals surface area contributed by atoms with Crippen LogP contribution in [0.2, 0.25) is 0 Å². The summed E-state index contributed by atoms with van der Waals surface area (Å²) in [5.41, 5.74) is 13.6. The Morgan fingerprint density at radius 1 is 1.17 bits per heavy atom. The lowest BCUT2D eigenvalue weighted by Crippen LogP contribution is -2.06. The van der Waals surface area contributed by atoms with Crippen molar-refractivity contribution in [2.24, 2.45) is 10.2 Å². The first-order valence-corrected chi connectivity index (χ1v) is 10.3. The molecule has 0 spiro atoms. The molecular weight excluding hydrogens is 452 g/mol. The molecule has 0 bridgehead atoms. The first-order chi connectivity index (χ1) is 16.9. The van der Waals surface area contributed by atoms with Crippen LogP contribution >= 0.6 is 0 Å². The summed E-state index contributed by atoms with van der Waals surface area (Å²) in [5.74, 6) is 0.883. The highest BCUT2D eigenvalue weighted by Gasteiger charge is 2.20. The van der Waals surface area contributed by atoms with Crippen molar-refractivity contribution in [3.05, 3.63) is 72.0 Å². The zero-order valence-corrected chi connectivity index (χ0v) is 18.5. The summed E-state index contributed by atoms with van der Waals surface area (Å²) in [6.07, 6.45) is 8.76. The molecule has 0 aliphatic carbocycles. The van der Waals surface area contributed by atoms with Crippen molar-refractivity contribution in [3.63, 3.8) is 0 Å². The number of hydrogen-bond acceptors (Lipinski definition) is 8. The minimum absolute atomic E-state index is 0.0238. The largest absolute Gasteiger partial charge is 0.382 e. The van der Waals surface area contributed by atoms with Crippen LogP contribution < -0.4 is 11.5 Å². The molecule has 9 nitrogen and oxygen atoms in total. The normalized spacial score (nSPS) is 12.4. The number of nitrogens with zero attached hydrogens (tertiary/aromatic N) is 7. The molecule has 35 heavy (non-hydrogen) atoms. The van der Waals surface area contributed by atoms with Gasteiger partial charge in [0.1, 0.15) is 17.3 Å². The molecule has 0 fully saturated rings. The third-order valence-electron chi connectivity index (χ3n) is 4.91. The molecular formula is C24H19F2N9. The molecule has 0 atom stereocenters. The van der Waals surface area contributed by atoms with E-state index >= 15 is 0 Å². The fourth-order valence-electron chi connectivity index (χ4n) is 3.24. The van der Waals surface area contributed by atoms with Crippen LogP contribution in [0.3, 0.4) is 0 Å². The molecule has 4 N–H and O–H groups in total. The predicted octanol–water partition coefficient (Wildman–Crippen LogP) is 5.04. The van der Waals surface area contributed by atoms with Crippen LogP contribution in [0, 0.1) is 18.2 Å². The van der Waals surface area contributed by atoms with Gasteiger partial charge in [0.15, 0.2) is 28.8 Å². The number of nitrogen functional groups attached to an aromatic ring is 2. The number of halogens is 2. The van der Waals surface area contributed by atoms with E-state index in [0.717, 1.165) is 12.3 Å². The third-order valence-corrected chi connectivity index (χ3v) is 4.91. The lowest BCUT2D eigenvalue weighted by Gasteiger charge is -2.06. The number of anilines is 2. The fraction of sp³-hybridized carbons (Fsp3) is 0.0833. The molecule has 0 amide bonds. The van der Waals surface area contributed by atoms with Gasteiger partial charge in [-0.3, -0.25) is 0 Å². The molecule has 1 aromatic carbocycles. The molecule has 0 aliphatic rings. The Balaban J connectivity index is 1.79. The second-order valence-corrected chi connectivity index (χ2v) is 7.21. The number of hydrogen-bond donors (Lipinski definition) is 2. The standard InChI is InChI=1S/C24H19F2N9/c1-3-8-18(26)14(4-2)13-35-24-17(11-15(25)12-29-24)19(34-35)23-30-21(27)20(22(28)31-23)33-32-16-9-6-5-7-10-16/h1,4-12H,13H2,2H3,(H4,27,28,30,31)/b14-4-,18-8+,33-32+. The monoisotopic (exact) mass is 471 g/mol. The van der Waals surface area contributed by atoms with Crippen molar-refractivity contribution >= 4 is 34.0 Å². The van der Waals surface area contributed by atoms with Gasteiger partial charge in [0.2, 0.25) is 0 Å². The minimum atomic E-state index is -0.600. The minimum Gasteiger partial charge on any atom is -0.382 e. The van der Waals surface area contributed by atoms with Gasteiger partial charge in [0.05, 0.1) is 23.8 Å². The van der Waals surface area contributed by atoms with Crippen molar-refractivity contribution in [1.82, 2.24) is 24.7 Å². The van der Waals surface area contributed by atoms with Gasteiger partial charge < -0.3 is 11.5 Å². The Labute approximate surface area is 198 Å². The summed E-state index contributed by atoms with van der Waals surface area (Å²) < 4.78 is 29.8. The molecule has 0 aliphatic heterocycles. The van der Waals surface area contributed by atoms with E-state index in [1.165, 1.54) is 10.7 Å². The van der Waals surface area contributed by atoms with Gasteiger partial charge in [-0.1, -0.05) is 30.2 Å². The maximum Gasteiger partial charge on any atom is 0.184 e. The molecule has 4 aromatic rings. The van der Waals surface area contributed by atoms with E-state index in [4.69, 9.17) is 17.9 Å². The second kappa shape index (κ2) is 9.88. The van der Waals surface area contributed by atoms with Crippen LogP contribution in [0.15, 0.2) is 76.4 Å². The quantitative estimate of drug-likeness (QED) is 0.230. The zero-order valence-electron chi connectivity index (χ0n) is 18.5. The van der Waals surface area contributed by atoms with E-state index < -0.39 is 11.6 Å². The lowest BCUT2D eigenvalue weighted by atomic mass is 10.2. The van der Waals surface area contributed by atoms with Gasteiger partial charge >= 0.3 is 0 Å². The Bertz CT molecular complexity index is 1510. The van der Waals surface area contributed by atoms with Crippen molar-refractivity contribution in [1.29, 1.82) is 0 Å². The molecule has 11 heteroatoms. The number of allylic oxidation sites excluding steroid dienone is 4. The summed E-state index contributed by atoms with van der Waals surface area (Å²) in [4.78, 5) is 12.6. The highest BCUT2D eigenvalue weighted by molar-refractivity contribution is 5.90. The van der Waals surface area contributed by atoms with Gasteiger partial charge in [-0.2, -0.15) is 10.2 Å². The summed E-state index contributed by atoms with van der Waals surface area (Å²) >= 11 is 0. The number of rotatable bonds is 6. The average molecular weight is 471 g/mol. The second-order valence-electron chi connectivity index (χ2n) is 7.21. The first kappa shape index (κ1) is 23.2. The van der Waals surface area contributed by atoms with Crippen molar-refractivity contribution in [2.75, 3.05) is 11.5 Å². The Morgan fingerprint density at radius 3 is 2.54 bits per heavy atom. The van der Waals surface area contributed by atoms with E-state index in [9.17, 15) is 8.78 Å². The molecule has 0 unspecified atom stereocenters. The average Bonchev–Trinajstić information content (AvgIpc) is 3.20. The first-order valence-electron chi connectivity index (χ1n) is 10.3. The van der Waals surface area contributed by atoms with Crippen molar-refractivity contribution in [3.8, 4) is 23.9 Å². The molecule has 174 valence electrons. The van der Waals surface area contributed by atoms with E-state index in [0.29, 0.717) is 11.1 Å². The van der Waals surface area contributed by atoms with Crippen LogP contribution in [-0.4, -0.2) is 24.7 Å².